The van der Waals surface area contributed by atoms with E-state index in [0.29, 0.717) is 57.1 Å². The summed E-state index contributed by atoms with van der Waals surface area (Å²) in [6.07, 6.45) is 1.07. The van der Waals surface area contributed by atoms with Crippen molar-refractivity contribution in [1.82, 2.24) is 19.9 Å². The van der Waals surface area contributed by atoms with E-state index >= 15 is 0 Å². The predicted molar refractivity (Wildman–Crippen MR) is 93.7 cm³/mol. The van der Waals surface area contributed by atoms with Crippen molar-refractivity contribution < 1.29 is 23.4 Å². The number of hydrogen-bond donors (Lipinski definition) is 0. The quantitative estimate of drug-likeness (QED) is 0.779. The first kappa shape index (κ1) is 17.7. The van der Waals surface area contributed by atoms with Crippen LogP contribution < -0.4 is 0 Å². The first-order valence-corrected chi connectivity index (χ1v) is 9.50. The van der Waals surface area contributed by atoms with Crippen molar-refractivity contribution in [3.8, 4) is 0 Å². The number of hydrogen-bond acceptors (Lipinski definition) is 6. The summed E-state index contributed by atoms with van der Waals surface area (Å²) in [5.74, 6) is -0.947. The Morgan fingerprint density at radius 3 is 2.57 bits per heavy atom. The van der Waals surface area contributed by atoms with Crippen molar-refractivity contribution in [2.45, 2.75) is 37.9 Å². The summed E-state index contributed by atoms with van der Waals surface area (Å²) in [4.78, 5) is 14.7. The molecular weight excluding hydrogens is 367 g/mol. The molecule has 0 unspecified atom stereocenters. The Labute approximate surface area is 161 Å². The Hall–Kier alpha value is -2.36. The maximum atomic E-state index is 13.1. The van der Waals surface area contributed by atoms with Crippen molar-refractivity contribution in [1.29, 1.82) is 0 Å². The van der Waals surface area contributed by atoms with Crippen LogP contribution in [0, 0.1) is 5.82 Å². The molecule has 4 heterocycles. The van der Waals surface area contributed by atoms with Crippen LogP contribution in [0.1, 0.15) is 40.7 Å². The van der Waals surface area contributed by atoms with Gasteiger partial charge in [0.2, 0.25) is 0 Å². The number of carbonyl (C=O) groups excluding carboxylic acids is 1. The molecule has 2 saturated heterocycles. The molecular formula is C19H21FN4O4. The van der Waals surface area contributed by atoms with E-state index < -0.39 is 5.79 Å². The van der Waals surface area contributed by atoms with Crippen molar-refractivity contribution in [2.24, 2.45) is 0 Å². The largest absolute Gasteiger partial charge is 0.365 e. The molecule has 28 heavy (non-hydrogen) atoms. The van der Waals surface area contributed by atoms with Gasteiger partial charge < -0.3 is 19.1 Å². The lowest BCUT2D eigenvalue weighted by Crippen LogP contribution is -2.47. The Balaban J connectivity index is 1.28. The van der Waals surface area contributed by atoms with Crippen LogP contribution in [0.2, 0.25) is 0 Å². The SMILES string of the molecule is O=C(c1nnn2c1CO[C@H](c1ccc(F)cc1)C2)N1CCC2(CC1)OCCO2. The molecule has 0 saturated carbocycles. The average Bonchev–Trinajstić information content (AvgIpc) is 3.35. The molecule has 3 aliphatic heterocycles. The van der Waals surface area contributed by atoms with Gasteiger partial charge in [0.15, 0.2) is 11.5 Å². The minimum atomic E-state index is -0.520. The summed E-state index contributed by atoms with van der Waals surface area (Å²) in [5.41, 5.74) is 1.88. The molecule has 8 nitrogen and oxygen atoms in total. The Bertz CT molecular complexity index is 869. The van der Waals surface area contributed by atoms with Gasteiger partial charge in [0.25, 0.3) is 5.91 Å². The van der Waals surface area contributed by atoms with E-state index in [-0.39, 0.29) is 24.4 Å². The number of nitrogens with zero attached hydrogens (tertiary/aromatic N) is 4. The predicted octanol–water partition coefficient (Wildman–Crippen LogP) is 1.67. The van der Waals surface area contributed by atoms with Crippen molar-refractivity contribution in [3.63, 3.8) is 0 Å². The number of piperidine rings is 1. The zero-order chi connectivity index (χ0) is 19.1. The van der Waals surface area contributed by atoms with Gasteiger partial charge in [-0.3, -0.25) is 4.79 Å². The normalized spacial score (nSPS) is 23.8. The lowest BCUT2D eigenvalue weighted by molar-refractivity contribution is -0.181. The fourth-order valence-corrected chi connectivity index (χ4v) is 4.04. The number of likely N-dealkylation sites (tertiary alicyclic amines) is 1. The fraction of sp³-hybridized carbons (Fsp3) is 0.526. The van der Waals surface area contributed by atoms with Gasteiger partial charge in [-0.25, -0.2) is 9.07 Å². The third kappa shape index (κ3) is 3.09. The topological polar surface area (TPSA) is 78.7 Å². The molecule has 0 radical (unpaired) electrons. The van der Waals surface area contributed by atoms with E-state index in [4.69, 9.17) is 14.2 Å². The lowest BCUT2D eigenvalue weighted by Gasteiger charge is -2.37. The number of halogens is 1. The molecule has 5 rings (SSSR count). The van der Waals surface area contributed by atoms with Gasteiger partial charge in [-0.05, 0) is 17.7 Å². The standard InChI is InChI=1S/C19H21FN4O4/c20-14-3-1-13(2-4-14)16-11-24-15(12-26-16)17(21-22-24)18(25)23-7-5-19(6-8-23)27-9-10-28-19/h1-4,16H,5-12H2/t16-/m0/s1. The van der Waals surface area contributed by atoms with Crippen LogP contribution in [0.5, 0.6) is 0 Å². The first-order valence-electron chi connectivity index (χ1n) is 9.50. The molecule has 1 amide bonds. The molecule has 0 aliphatic carbocycles. The third-order valence-corrected chi connectivity index (χ3v) is 5.67. The van der Waals surface area contributed by atoms with Crippen molar-refractivity contribution in [2.75, 3.05) is 26.3 Å². The molecule has 0 N–H and O–H groups in total. The second kappa shape index (κ2) is 6.91. The lowest BCUT2D eigenvalue weighted by atomic mass is 10.0. The molecule has 0 bridgehead atoms. The van der Waals surface area contributed by atoms with E-state index in [0.717, 1.165) is 5.56 Å². The molecule has 1 atom stereocenters. The third-order valence-electron chi connectivity index (χ3n) is 5.67. The van der Waals surface area contributed by atoms with Crippen molar-refractivity contribution in [3.05, 3.63) is 47.0 Å². The highest BCUT2D eigenvalue weighted by atomic mass is 19.1. The van der Waals surface area contributed by atoms with Gasteiger partial charge in [0, 0.05) is 25.9 Å². The highest BCUT2D eigenvalue weighted by molar-refractivity contribution is 5.93. The van der Waals surface area contributed by atoms with Crippen LogP contribution in [0.3, 0.4) is 0 Å². The number of carbonyl (C=O) groups is 1. The fourth-order valence-electron chi connectivity index (χ4n) is 4.04. The minimum Gasteiger partial charge on any atom is -0.365 e. The van der Waals surface area contributed by atoms with E-state index in [1.165, 1.54) is 12.1 Å². The van der Waals surface area contributed by atoms with Crippen LogP contribution in [0.15, 0.2) is 24.3 Å². The van der Waals surface area contributed by atoms with E-state index in [1.807, 2.05) is 0 Å². The Kier molecular flexibility index (Phi) is 4.37. The maximum absolute atomic E-state index is 13.1. The molecule has 1 aromatic carbocycles. The van der Waals surface area contributed by atoms with Crippen LogP contribution in [-0.2, 0) is 27.4 Å². The minimum absolute atomic E-state index is 0.141. The Morgan fingerprint density at radius 2 is 1.86 bits per heavy atom. The number of rotatable bonds is 2. The molecule has 3 aliphatic rings. The molecule has 1 aromatic heterocycles. The zero-order valence-electron chi connectivity index (χ0n) is 15.3. The number of amides is 1. The van der Waals surface area contributed by atoms with Gasteiger partial charge >= 0.3 is 0 Å². The van der Waals surface area contributed by atoms with Crippen molar-refractivity contribution >= 4 is 5.91 Å². The van der Waals surface area contributed by atoms with Gasteiger partial charge in [-0.15, -0.1) is 5.10 Å². The highest BCUT2D eigenvalue weighted by Gasteiger charge is 2.41. The van der Waals surface area contributed by atoms with Gasteiger partial charge in [-0.2, -0.15) is 0 Å². The van der Waals surface area contributed by atoms with E-state index in [1.54, 1.807) is 21.7 Å². The van der Waals surface area contributed by atoms with E-state index in [9.17, 15) is 9.18 Å². The summed E-state index contributed by atoms with van der Waals surface area (Å²) in [6, 6.07) is 6.21. The van der Waals surface area contributed by atoms with Crippen LogP contribution in [0.25, 0.3) is 0 Å². The summed E-state index contributed by atoms with van der Waals surface area (Å²) in [6.45, 7) is 3.01. The van der Waals surface area contributed by atoms with E-state index in [2.05, 4.69) is 10.3 Å². The van der Waals surface area contributed by atoms with Gasteiger partial charge in [-0.1, -0.05) is 17.3 Å². The zero-order valence-corrected chi connectivity index (χ0v) is 15.3. The molecule has 1 spiro atoms. The number of fused-ring (bicyclic) bond motifs is 1. The van der Waals surface area contributed by atoms with Gasteiger partial charge in [0.1, 0.15) is 11.9 Å². The molecule has 2 fully saturated rings. The summed E-state index contributed by atoms with van der Waals surface area (Å²) in [5, 5.41) is 8.28. The Morgan fingerprint density at radius 1 is 1.14 bits per heavy atom. The first-order chi connectivity index (χ1) is 13.6. The van der Waals surface area contributed by atoms with Gasteiger partial charge in [0.05, 0.1) is 32.1 Å². The second-order valence-electron chi connectivity index (χ2n) is 7.32. The summed E-state index contributed by atoms with van der Waals surface area (Å²) < 4.78 is 32.2. The summed E-state index contributed by atoms with van der Waals surface area (Å²) >= 11 is 0. The van der Waals surface area contributed by atoms with Crippen LogP contribution in [0.4, 0.5) is 4.39 Å². The molecule has 2 aromatic rings. The van der Waals surface area contributed by atoms with Crippen LogP contribution >= 0.6 is 0 Å². The monoisotopic (exact) mass is 388 g/mol. The molecule has 148 valence electrons. The maximum Gasteiger partial charge on any atom is 0.276 e. The summed E-state index contributed by atoms with van der Waals surface area (Å²) in [7, 11) is 0. The highest BCUT2D eigenvalue weighted by Crippen LogP contribution is 2.32. The molecule has 9 heteroatoms. The second-order valence-corrected chi connectivity index (χ2v) is 7.32. The smallest absolute Gasteiger partial charge is 0.276 e. The van der Waals surface area contributed by atoms with Crippen LogP contribution in [-0.4, -0.2) is 57.9 Å². The number of benzene rings is 1. The number of ether oxygens (including phenoxy) is 3. The number of aromatic nitrogens is 3. The average molecular weight is 388 g/mol.